The highest BCUT2D eigenvalue weighted by Gasteiger charge is 2.21. The van der Waals surface area contributed by atoms with Crippen LogP contribution >= 0.6 is 23.4 Å². The highest BCUT2D eigenvalue weighted by atomic mass is 35.5. The minimum absolute atomic E-state index is 0.0536. The zero-order chi connectivity index (χ0) is 13.0. The van der Waals surface area contributed by atoms with Gasteiger partial charge in [-0.3, -0.25) is 10.2 Å². The molecule has 94 valence electrons. The molecule has 1 aromatic carbocycles. The van der Waals surface area contributed by atoms with Crippen molar-refractivity contribution in [1.82, 2.24) is 5.43 Å². The minimum atomic E-state index is -0.206. The number of hydrogen-bond acceptors (Lipinski definition) is 4. The van der Waals surface area contributed by atoms with Gasteiger partial charge in [0.25, 0.3) is 0 Å². The topological polar surface area (TPSA) is 81.1 Å². The van der Waals surface area contributed by atoms with Gasteiger partial charge in [-0.25, -0.2) is 5.84 Å². The Kier molecular flexibility index (Phi) is 5.11. The van der Waals surface area contributed by atoms with Crippen molar-refractivity contribution in [3.05, 3.63) is 23.2 Å². The van der Waals surface area contributed by atoms with E-state index in [1.54, 1.807) is 18.2 Å². The maximum absolute atomic E-state index is 11.4. The highest BCUT2D eigenvalue weighted by Crippen LogP contribution is 2.34. The van der Waals surface area contributed by atoms with E-state index in [1.807, 2.05) is 13.8 Å². The fourth-order valence-electron chi connectivity index (χ4n) is 1.26. The van der Waals surface area contributed by atoms with Gasteiger partial charge in [-0.15, -0.1) is 11.8 Å². The van der Waals surface area contributed by atoms with Crippen LogP contribution in [0.25, 0.3) is 0 Å². The van der Waals surface area contributed by atoms with Crippen molar-refractivity contribution in [2.24, 2.45) is 11.8 Å². The van der Waals surface area contributed by atoms with Gasteiger partial charge in [0, 0.05) is 21.8 Å². The molecule has 0 aliphatic heterocycles. The molecule has 2 unspecified atom stereocenters. The third-order valence-electron chi connectivity index (χ3n) is 2.53. The van der Waals surface area contributed by atoms with Gasteiger partial charge in [0.15, 0.2) is 0 Å². The lowest BCUT2D eigenvalue weighted by atomic mass is 10.1. The lowest BCUT2D eigenvalue weighted by Crippen LogP contribution is -2.38. The second-order valence-electron chi connectivity index (χ2n) is 3.81. The van der Waals surface area contributed by atoms with Crippen LogP contribution in [0.2, 0.25) is 5.02 Å². The van der Waals surface area contributed by atoms with Crippen LogP contribution in [-0.2, 0) is 4.79 Å². The Morgan fingerprint density at radius 2 is 2.12 bits per heavy atom. The Balaban J connectivity index is 2.77. The fourth-order valence-corrected chi connectivity index (χ4v) is 2.62. The average molecular weight is 274 g/mol. The minimum Gasteiger partial charge on any atom is -0.399 e. The van der Waals surface area contributed by atoms with Gasteiger partial charge in [-0.1, -0.05) is 25.4 Å². The molecule has 1 rings (SSSR count). The number of thioether (sulfide) groups is 1. The predicted molar refractivity (Wildman–Crippen MR) is 72.7 cm³/mol. The van der Waals surface area contributed by atoms with Crippen molar-refractivity contribution in [2.45, 2.75) is 24.0 Å². The highest BCUT2D eigenvalue weighted by molar-refractivity contribution is 8.00. The third-order valence-corrected chi connectivity index (χ3v) is 4.34. The molecule has 0 heterocycles. The summed E-state index contributed by atoms with van der Waals surface area (Å²) in [5.41, 5.74) is 8.49. The van der Waals surface area contributed by atoms with Crippen LogP contribution in [0.4, 0.5) is 5.69 Å². The van der Waals surface area contributed by atoms with Crippen LogP contribution in [0.1, 0.15) is 13.8 Å². The maximum atomic E-state index is 11.4. The summed E-state index contributed by atoms with van der Waals surface area (Å²) in [6.45, 7) is 3.77. The summed E-state index contributed by atoms with van der Waals surface area (Å²) in [6.07, 6.45) is 0. The normalized spacial score (nSPS) is 14.1. The van der Waals surface area contributed by atoms with Crippen molar-refractivity contribution >= 4 is 35.0 Å². The number of anilines is 1. The standard InChI is InChI=1S/C11H16ClN3OS/c1-6(11(16)15-14)7(2)17-10-5-8(13)3-4-9(10)12/h3-7H,13-14H2,1-2H3,(H,15,16). The number of hydrazine groups is 1. The van der Waals surface area contributed by atoms with E-state index in [-0.39, 0.29) is 17.1 Å². The average Bonchev–Trinajstić information content (AvgIpc) is 2.31. The molecule has 0 bridgehead atoms. The van der Waals surface area contributed by atoms with E-state index in [1.165, 1.54) is 11.8 Å². The van der Waals surface area contributed by atoms with E-state index >= 15 is 0 Å². The second-order valence-corrected chi connectivity index (χ2v) is 5.64. The number of carbonyl (C=O) groups excluding carboxylic acids is 1. The van der Waals surface area contributed by atoms with E-state index < -0.39 is 0 Å². The molecule has 4 nitrogen and oxygen atoms in total. The number of hydrogen-bond donors (Lipinski definition) is 3. The molecule has 0 aliphatic rings. The van der Waals surface area contributed by atoms with Gasteiger partial charge in [0.1, 0.15) is 0 Å². The number of nitrogens with one attached hydrogen (secondary N) is 1. The van der Waals surface area contributed by atoms with E-state index in [0.717, 1.165) is 4.90 Å². The summed E-state index contributed by atoms with van der Waals surface area (Å²) >= 11 is 7.56. The zero-order valence-corrected chi connectivity index (χ0v) is 11.3. The molecule has 0 aromatic heterocycles. The van der Waals surface area contributed by atoms with Gasteiger partial charge < -0.3 is 5.73 Å². The lowest BCUT2D eigenvalue weighted by Gasteiger charge is -2.18. The molecule has 0 saturated carbocycles. The number of halogens is 1. The first-order chi connectivity index (χ1) is 7.95. The zero-order valence-electron chi connectivity index (χ0n) is 9.74. The monoisotopic (exact) mass is 273 g/mol. The van der Waals surface area contributed by atoms with Crippen LogP contribution in [0.5, 0.6) is 0 Å². The first-order valence-corrected chi connectivity index (χ1v) is 6.43. The lowest BCUT2D eigenvalue weighted by molar-refractivity contribution is -0.124. The van der Waals surface area contributed by atoms with Gasteiger partial charge in [0.2, 0.25) is 5.91 Å². The summed E-state index contributed by atoms with van der Waals surface area (Å²) in [5, 5.41) is 0.689. The molecular weight excluding hydrogens is 258 g/mol. The molecule has 0 fully saturated rings. The first kappa shape index (κ1) is 14.2. The summed E-state index contributed by atoms with van der Waals surface area (Å²) in [7, 11) is 0. The van der Waals surface area contributed by atoms with Crippen molar-refractivity contribution < 1.29 is 4.79 Å². The van der Waals surface area contributed by atoms with Gasteiger partial charge in [0.05, 0.1) is 5.02 Å². The number of amides is 1. The SMILES string of the molecule is CC(Sc1cc(N)ccc1Cl)C(C)C(=O)NN. The van der Waals surface area contributed by atoms with Crippen molar-refractivity contribution in [3.63, 3.8) is 0 Å². The van der Waals surface area contributed by atoms with Gasteiger partial charge >= 0.3 is 0 Å². The van der Waals surface area contributed by atoms with E-state index in [0.29, 0.717) is 10.7 Å². The Bertz CT molecular complexity index is 414. The van der Waals surface area contributed by atoms with Crippen LogP contribution in [0.3, 0.4) is 0 Å². The van der Waals surface area contributed by atoms with Gasteiger partial charge in [-0.05, 0) is 18.2 Å². The third kappa shape index (κ3) is 3.80. The van der Waals surface area contributed by atoms with Crippen molar-refractivity contribution in [2.75, 3.05) is 5.73 Å². The quantitative estimate of drug-likeness (QED) is 0.258. The van der Waals surface area contributed by atoms with E-state index in [2.05, 4.69) is 5.43 Å². The van der Waals surface area contributed by atoms with Gasteiger partial charge in [-0.2, -0.15) is 0 Å². The maximum Gasteiger partial charge on any atom is 0.237 e. The Labute approximate surface area is 110 Å². The first-order valence-electron chi connectivity index (χ1n) is 5.18. The van der Waals surface area contributed by atoms with E-state index in [9.17, 15) is 4.79 Å². The summed E-state index contributed by atoms with van der Waals surface area (Å²) in [5.74, 6) is 4.71. The molecular formula is C11H16ClN3OS. The summed E-state index contributed by atoms with van der Waals surface area (Å²) < 4.78 is 0. The number of carbonyl (C=O) groups is 1. The summed E-state index contributed by atoms with van der Waals surface area (Å²) in [6, 6.07) is 5.29. The number of nitrogens with two attached hydrogens (primary N) is 2. The molecule has 2 atom stereocenters. The van der Waals surface area contributed by atoms with E-state index in [4.69, 9.17) is 23.2 Å². The number of rotatable bonds is 4. The number of benzene rings is 1. The molecule has 0 radical (unpaired) electrons. The smallest absolute Gasteiger partial charge is 0.237 e. The fraction of sp³-hybridized carbons (Fsp3) is 0.364. The molecule has 0 spiro atoms. The molecule has 0 saturated heterocycles. The van der Waals surface area contributed by atoms with Crippen molar-refractivity contribution in [1.29, 1.82) is 0 Å². The molecule has 17 heavy (non-hydrogen) atoms. The molecule has 0 aliphatic carbocycles. The van der Waals surface area contributed by atoms with Crippen LogP contribution in [0, 0.1) is 5.92 Å². The van der Waals surface area contributed by atoms with Crippen LogP contribution in [0.15, 0.2) is 23.1 Å². The van der Waals surface area contributed by atoms with Crippen LogP contribution < -0.4 is 17.0 Å². The van der Waals surface area contributed by atoms with Crippen molar-refractivity contribution in [3.8, 4) is 0 Å². The predicted octanol–water partition coefficient (Wildman–Crippen LogP) is 2.03. The Hall–Kier alpha value is -0.910. The summed E-state index contributed by atoms with van der Waals surface area (Å²) in [4.78, 5) is 12.3. The second kappa shape index (κ2) is 6.14. The van der Waals surface area contributed by atoms with Crippen LogP contribution in [-0.4, -0.2) is 11.2 Å². The molecule has 6 heteroatoms. The Morgan fingerprint density at radius 3 is 2.71 bits per heavy atom. The Morgan fingerprint density at radius 1 is 1.47 bits per heavy atom. The molecule has 5 N–H and O–H groups in total. The molecule has 1 aromatic rings. The largest absolute Gasteiger partial charge is 0.399 e. The number of nitrogen functional groups attached to an aromatic ring is 1. The molecule has 1 amide bonds.